The van der Waals surface area contributed by atoms with Crippen molar-refractivity contribution in [2.75, 3.05) is 0 Å². The fourth-order valence-electron chi connectivity index (χ4n) is 21.1. The zero-order valence-electron chi connectivity index (χ0n) is 75.6. The molecule has 0 aliphatic heterocycles. The van der Waals surface area contributed by atoms with Gasteiger partial charge in [-0.1, -0.05) is 243 Å². The Morgan fingerprint density at radius 2 is 0.599 bits per heavy atom. The molecule has 12 aromatic heterocycles. The molecule has 0 N–H and O–H groups in total. The number of furan rings is 4. The van der Waals surface area contributed by atoms with Crippen molar-refractivity contribution in [3.63, 3.8) is 0 Å². The number of benzene rings is 17. The monoisotopic (exact) mass is 1820 g/mol. The van der Waals surface area contributed by atoms with Crippen LogP contribution in [0.4, 0.5) is 0 Å². The lowest BCUT2D eigenvalue weighted by atomic mass is 10.0. The molecule has 0 amide bonds. The first-order chi connectivity index (χ1) is 70.3. The van der Waals surface area contributed by atoms with Crippen LogP contribution >= 0.6 is 0 Å². The van der Waals surface area contributed by atoms with Crippen LogP contribution in [0.25, 0.3) is 253 Å². The van der Waals surface area contributed by atoms with Crippen LogP contribution in [0.5, 0.6) is 0 Å². The zero-order chi connectivity index (χ0) is 94.6. The molecule has 0 saturated heterocycles. The van der Waals surface area contributed by atoms with Gasteiger partial charge in [-0.15, -0.1) is 0 Å². The minimum atomic E-state index is 0.401. The van der Waals surface area contributed by atoms with Crippen LogP contribution in [0.2, 0.25) is 0 Å². The highest BCUT2D eigenvalue weighted by molar-refractivity contribution is 6.28. The first kappa shape index (κ1) is 82.4. The van der Waals surface area contributed by atoms with Crippen molar-refractivity contribution in [3.8, 4) is 103 Å². The van der Waals surface area contributed by atoms with Crippen molar-refractivity contribution in [2.24, 2.45) is 0 Å². The number of fused-ring (bicyclic) bond motifs is 28. The maximum Gasteiger partial charge on any atom is 0.145 e. The smallest absolute Gasteiger partial charge is 0.145 e. The van der Waals surface area contributed by atoms with E-state index in [-0.39, 0.29) is 0 Å². The molecule has 29 rings (SSSR count). The molecule has 0 fully saturated rings. The van der Waals surface area contributed by atoms with Crippen LogP contribution in [0, 0.1) is 45.3 Å². The van der Waals surface area contributed by atoms with Gasteiger partial charge in [-0.2, -0.15) is 21.0 Å². The summed E-state index contributed by atoms with van der Waals surface area (Å²) in [6, 6.07) is 147. The van der Waals surface area contributed by atoms with E-state index in [0.717, 1.165) is 248 Å². The van der Waals surface area contributed by atoms with Crippen molar-refractivity contribution >= 4 is 175 Å². The van der Waals surface area contributed by atoms with E-state index in [2.05, 4.69) is 317 Å². The normalized spacial score (nSPS) is 11.5. The van der Waals surface area contributed by atoms with Crippen molar-refractivity contribution in [2.45, 2.75) is 0 Å². The Morgan fingerprint density at radius 1 is 0.218 bits per heavy atom. The molecule has 0 unspecified atom stereocenters. The molecular formula is C126H72N12O4. The van der Waals surface area contributed by atoms with Crippen LogP contribution in [0.15, 0.2) is 455 Å². The number of nitriles is 4. The van der Waals surface area contributed by atoms with Gasteiger partial charge in [-0.25, -0.2) is 9.97 Å². The molecule has 0 radical (unpaired) electrons. The van der Waals surface area contributed by atoms with E-state index in [9.17, 15) is 21.0 Å². The third kappa shape index (κ3) is 13.4. The van der Waals surface area contributed by atoms with Gasteiger partial charge in [0.2, 0.25) is 0 Å². The van der Waals surface area contributed by atoms with Gasteiger partial charge in [0, 0.05) is 135 Å². The highest BCUT2D eigenvalue weighted by Crippen LogP contribution is 2.49. The van der Waals surface area contributed by atoms with E-state index in [1.54, 1.807) is 43.1 Å². The molecule has 0 spiro atoms. The predicted octanol–water partition coefficient (Wildman–Crippen LogP) is 32.1. The molecule has 0 aliphatic carbocycles. The fourth-order valence-corrected chi connectivity index (χ4v) is 21.1. The summed E-state index contributed by atoms with van der Waals surface area (Å²) in [7, 11) is 0. The summed E-state index contributed by atoms with van der Waals surface area (Å²) in [5.41, 5.74) is 31.6. The lowest BCUT2D eigenvalue weighted by molar-refractivity contribution is 0.672. The molecule has 12 heterocycles. The third-order valence-corrected chi connectivity index (χ3v) is 27.3. The number of hydrogen-bond donors (Lipinski definition) is 0. The Balaban J connectivity index is 0.0000000972. The van der Waals surface area contributed by atoms with E-state index in [4.69, 9.17) is 17.7 Å². The zero-order valence-corrected chi connectivity index (χ0v) is 75.6. The summed E-state index contributed by atoms with van der Waals surface area (Å²) in [5, 5.41) is 56.0. The summed E-state index contributed by atoms with van der Waals surface area (Å²) in [6.45, 7) is 0. The van der Waals surface area contributed by atoms with E-state index >= 15 is 0 Å². The third-order valence-electron chi connectivity index (χ3n) is 27.3. The number of pyridine rings is 4. The average Bonchev–Trinajstić information content (AvgIpc) is 1.55. The number of nitrogens with zero attached hydrogens (tertiary/aromatic N) is 12. The molecule has 660 valence electrons. The van der Waals surface area contributed by atoms with Gasteiger partial charge in [0.15, 0.2) is 0 Å². The van der Waals surface area contributed by atoms with Crippen molar-refractivity contribution in [3.05, 3.63) is 460 Å². The van der Waals surface area contributed by atoms with Crippen LogP contribution < -0.4 is 0 Å². The average molecular weight is 1820 g/mol. The standard InChI is InChI=1S/C36H21N3O.3C30H17N3O/c37-22-26-8-6-12-31(38-26)24-17-15-23(16-18-24)25-7-5-9-27(21-25)39-32-13-3-1-11-30(32)35-33(39)20-19-29-28-10-2-4-14-34(28)40-36(29)35;31-17-19-18-32-16-15-20(19)21-7-1-4-10-25(21)33-26-11-5-2-9-24(26)29-27(33)14-13-23-22-8-3-6-12-28(22)34-30(23)29;31-18-20-17-19(15-16-32-20)21-7-1-4-10-25(21)33-26-11-5-2-9-24(26)29-27(33)14-13-23-22-8-3-6-12-28(22)34-30(23)29;31-17-19-15-16-32-18-24(19)20-7-1-4-10-25(20)33-26-11-5-2-9-23(26)29-27(33)14-13-22-21-8-3-6-12-28(21)34-30(22)29/h1-21H;1-16,18H;1-17H;1-16,18H. The molecule has 0 atom stereocenters. The predicted molar refractivity (Wildman–Crippen MR) is 569 cm³/mol. The van der Waals surface area contributed by atoms with Gasteiger partial charge in [0.05, 0.1) is 106 Å². The second kappa shape index (κ2) is 33.9. The molecule has 16 heteroatoms. The number of hydrogen-bond acceptors (Lipinski definition) is 12. The highest BCUT2D eigenvalue weighted by atomic mass is 16.3. The number of para-hydroxylation sites is 11. The molecule has 29 aromatic rings. The van der Waals surface area contributed by atoms with Gasteiger partial charge >= 0.3 is 0 Å². The Bertz CT molecular complexity index is 10200. The number of rotatable bonds is 9. The van der Waals surface area contributed by atoms with E-state index in [1.165, 1.54) is 5.39 Å². The Morgan fingerprint density at radius 3 is 1.06 bits per heavy atom. The van der Waals surface area contributed by atoms with Crippen molar-refractivity contribution in [1.82, 2.24) is 38.2 Å². The maximum absolute atomic E-state index is 9.74. The minimum absolute atomic E-state index is 0.401. The first-order valence-electron chi connectivity index (χ1n) is 46.6. The van der Waals surface area contributed by atoms with E-state index < -0.39 is 0 Å². The van der Waals surface area contributed by atoms with E-state index in [0.29, 0.717) is 22.5 Å². The molecule has 16 nitrogen and oxygen atoms in total. The Hall–Kier alpha value is -20.3. The van der Waals surface area contributed by atoms with Crippen LogP contribution in [-0.2, 0) is 0 Å². The molecule has 142 heavy (non-hydrogen) atoms. The molecule has 0 saturated carbocycles. The first-order valence-corrected chi connectivity index (χ1v) is 46.6. The quantitative estimate of drug-likeness (QED) is 0.132. The molecule has 17 aromatic carbocycles. The lowest BCUT2D eigenvalue weighted by Crippen LogP contribution is -1.98. The van der Waals surface area contributed by atoms with Crippen molar-refractivity contribution < 1.29 is 17.7 Å². The second-order valence-corrected chi connectivity index (χ2v) is 35.0. The Labute approximate surface area is 809 Å². The van der Waals surface area contributed by atoms with Gasteiger partial charge in [-0.3, -0.25) is 9.97 Å². The van der Waals surface area contributed by atoms with Crippen LogP contribution in [0.3, 0.4) is 0 Å². The SMILES string of the molecule is N#Cc1cc(-c2ccccc2-n2c3ccccc3c3c4oc5ccccc5c4ccc32)ccn1.N#Cc1cccc(-c2ccc(-c3cccc(-n4c5ccccc5c5c6oc7ccccc7c6ccc54)c3)cc2)n1.N#Cc1ccncc1-c1ccccc1-n1c2ccccc2c2c3oc4ccccc4c3ccc21.N#Cc1cnccc1-c1ccccc1-n1c2ccccc2c2c3oc4ccccc4c3ccc21. The fraction of sp³-hybridized carbons (Fsp3) is 0. The second-order valence-electron chi connectivity index (χ2n) is 35.0. The molecule has 0 aliphatic rings. The Kier molecular flexibility index (Phi) is 19.7. The van der Waals surface area contributed by atoms with Crippen LogP contribution in [-0.4, -0.2) is 38.2 Å². The summed E-state index contributed by atoms with van der Waals surface area (Å²) < 4.78 is 34.8. The van der Waals surface area contributed by atoms with Crippen molar-refractivity contribution in [1.29, 1.82) is 21.0 Å². The molecule has 0 bridgehead atoms. The lowest BCUT2D eigenvalue weighted by Gasteiger charge is -2.14. The van der Waals surface area contributed by atoms with Crippen LogP contribution in [0.1, 0.15) is 22.5 Å². The van der Waals surface area contributed by atoms with Gasteiger partial charge < -0.3 is 35.9 Å². The van der Waals surface area contributed by atoms with Gasteiger partial charge in [0.25, 0.3) is 0 Å². The number of aromatic nitrogens is 8. The minimum Gasteiger partial charge on any atom is -0.455 e. The topological polar surface area (TPSA) is 219 Å². The summed E-state index contributed by atoms with van der Waals surface area (Å²) in [6.07, 6.45) is 8.47. The largest absolute Gasteiger partial charge is 0.455 e. The van der Waals surface area contributed by atoms with Gasteiger partial charge in [-0.05, 0) is 180 Å². The highest BCUT2D eigenvalue weighted by Gasteiger charge is 2.27. The summed E-state index contributed by atoms with van der Waals surface area (Å²) in [4.78, 5) is 17.0. The summed E-state index contributed by atoms with van der Waals surface area (Å²) >= 11 is 0. The van der Waals surface area contributed by atoms with Gasteiger partial charge in [0.1, 0.15) is 74.3 Å². The maximum atomic E-state index is 9.74. The van der Waals surface area contributed by atoms with E-state index in [1.807, 2.05) is 140 Å². The summed E-state index contributed by atoms with van der Waals surface area (Å²) in [5.74, 6) is 0. The molecular weight excluding hydrogens is 1750 g/mol.